The maximum absolute atomic E-state index is 2.36. The van der Waals surface area contributed by atoms with Crippen LogP contribution in [0.1, 0.15) is 53.4 Å². The third-order valence-electron chi connectivity index (χ3n) is 1.78. The van der Waals surface area contributed by atoms with Crippen LogP contribution in [0.5, 0.6) is 0 Å². The Balaban J connectivity index is 3.42. The lowest BCUT2D eigenvalue weighted by Gasteiger charge is -2.22. The molecule has 0 nitrogen and oxygen atoms in total. The van der Waals surface area contributed by atoms with Crippen LogP contribution in [0.25, 0.3) is 0 Å². The molecule has 0 spiro atoms. The van der Waals surface area contributed by atoms with Gasteiger partial charge in [0.1, 0.15) is 0 Å². The maximum atomic E-state index is 2.36. The SMILES string of the molecule is CCCCCC(C)(C)SSCC. The Bertz CT molecular complexity index is 100. The van der Waals surface area contributed by atoms with Gasteiger partial charge >= 0.3 is 0 Å². The van der Waals surface area contributed by atoms with E-state index in [9.17, 15) is 0 Å². The largest absolute Gasteiger partial charge is 0.0939 e. The molecule has 0 rings (SSSR count). The summed E-state index contributed by atoms with van der Waals surface area (Å²) < 4.78 is 0.482. The van der Waals surface area contributed by atoms with Gasteiger partial charge in [0.2, 0.25) is 0 Å². The average molecular weight is 206 g/mol. The zero-order valence-corrected chi connectivity index (χ0v) is 10.5. The van der Waals surface area contributed by atoms with Gasteiger partial charge < -0.3 is 0 Å². The molecule has 0 unspecified atom stereocenters. The van der Waals surface area contributed by atoms with Gasteiger partial charge in [0.25, 0.3) is 0 Å². The number of unbranched alkanes of at least 4 members (excludes halogenated alkanes) is 2. The normalized spacial score (nSPS) is 12.0. The Labute approximate surface area is 85.7 Å². The maximum Gasteiger partial charge on any atom is 0.0207 e. The lowest BCUT2D eigenvalue weighted by molar-refractivity contribution is 0.575. The van der Waals surface area contributed by atoms with E-state index in [1.54, 1.807) is 0 Å². The summed E-state index contributed by atoms with van der Waals surface area (Å²) in [4.78, 5) is 0. The van der Waals surface area contributed by atoms with Gasteiger partial charge in [-0.15, -0.1) is 0 Å². The Hall–Kier alpha value is 0.700. The fourth-order valence-electron chi connectivity index (χ4n) is 1.06. The molecule has 74 valence electrons. The molecule has 0 saturated carbocycles. The number of hydrogen-bond acceptors (Lipinski definition) is 2. The molecule has 0 heterocycles. The minimum Gasteiger partial charge on any atom is -0.0939 e. The van der Waals surface area contributed by atoms with Crippen molar-refractivity contribution in [1.29, 1.82) is 0 Å². The van der Waals surface area contributed by atoms with Crippen molar-refractivity contribution >= 4 is 21.6 Å². The van der Waals surface area contributed by atoms with Crippen molar-refractivity contribution in [2.24, 2.45) is 0 Å². The summed E-state index contributed by atoms with van der Waals surface area (Å²) in [6, 6.07) is 0. The van der Waals surface area contributed by atoms with E-state index in [4.69, 9.17) is 0 Å². The molecule has 0 bridgehead atoms. The average Bonchev–Trinajstić information content (AvgIpc) is 2.01. The molecule has 12 heavy (non-hydrogen) atoms. The van der Waals surface area contributed by atoms with Crippen LogP contribution in [-0.2, 0) is 0 Å². The Morgan fingerprint density at radius 2 is 1.75 bits per heavy atom. The first-order chi connectivity index (χ1) is 5.62. The summed E-state index contributed by atoms with van der Waals surface area (Å²) in [5.74, 6) is 1.22. The van der Waals surface area contributed by atoms with Crippen LogP contribution in [-0.4, -0.2) is 10.5 Å². The summed E-state index contributed by atoms with van der Waals surface area (Å²) in [5.41, 5.74) is 0. The molecule has 0 aromatic heterocycles. The monoisotopic (exact) mass is 206 g/mol. The molecule has 0 N–H and O–H groups in total. The van der Waals surface area contributed by atoms with Crippen LogP contribution in [0, 0.1) is 0 Å². The van der Waals surface area contributed by atoms with E-state index in [0.717, 1.165) is 0 Å². The predicted molar refractivity (Wildman–Crippen MR) is 63.9 cm³/mol. The highest BCUT2D eigenvalue weighted by Gasteiger charge is 2.17. The Morgan fingerprint density at radius 3 is 2.25 bits per heavy atom. The van der Waals surface area contributed by atoms with Crippen molar-refractivity contribution < 1.29 is 0 Å². The van der Waals surface area contributed by atoms with Crippen LogP contribution >= 0.6 is 21.6 Å². The zero-order valence-electron chi connectivity index (χ0n) is 8.85. The van der Waals surface area contributed by atoms with Gasteiger partial charge in [-0.05, 0) is 20.3 Å². The van der Waals surface area contributed by atoms with E-state index in [0.29, 0.717) is 4.75 Å². The van der Waals surface area contributed by atoms with E-state index < -0.39 is 0 Å². The second-order valence-corrected chi connectivity index (χ2v) is 7.00. The van der Waals surface area contributed by atoms with Crippen molar-refractivity contribution in [2.45, 2.75) is 58.1 Å². The zero-order chi connectivity index (χ0) is 9.45. The second kappa shape index (κ2) is 7.14. The molecule has 0 aromatic carbocycles. The third kappa shape index (κ3) is 7.35. The summed E-state index contributed by atoms with van der Waals surface area (Å²) in [5, 5.41) is 0. The van der Waals surface area contributed by atoms with Crippen LogP contribution in [0.2, 0.25) is 0 Å². The Morgan fingerprint density at radius 1 is 1.08 bits per heavy atom. The lowest BCUT2D eigenvalue weighted by atomic mass is 10.0. The highest BCUT2D eigenvalue weighted by molar-refractivity contribution is 8.77. The highest BCUT2D eigenvalue weighted by atomic mass is 33.1. The number of rotatable bonds is 7. The molecule has 0 saturated heterocycles. The standard InChI is InChI=1S/C10H22S2/c1-5-7-8-9-10(3,4)12-11-6-2/h5-9H2,1-4H3. The topological polar surface area (TPSA) is 0 Å². The Kier molecular flexibility index (Phi) is 7.55. The fourth-order valence-corrected chi connectivity index (χ4v) is 3.29. The first-order valence-corrected chi connectivity index (χ1v) is 7.25. The van der Waals surface area contributed by atoms with Gasteiger partial charge in [-0.2, -0.15) is 0 Å². The van der Waals surface area contributed by atoms with Gasteiger partial charge in [0, 0.05) is 10.5 Å². The molecule has 0 amide bonds. The molecule has 0 aliphatic heterocycles. The van der Waals surface area contributed by atoms with E-state index in [1.165, 1.54) is 31.4 Å². The minimum atomic E-state index is 0.482. The van der Waals surface area contributed by atoms with Crippen LogP contribution in [0.3, 0.4) is 0 Å². The van der Waals surface area contributed by atoms with Gasteiger partial charge in [0.05, 0.1) is 0 Å². The van der Waals surface area contributed by atoms with Gasteiger partial charge in [-0.1, -0.05) is 54.7 Å². The fraction of sp³-hybridized carbons (Fsp3) is 1.00. The van der Waals surface area contributed by atoms with Gasteiger partial charge in [-0.25, -0.2) is 0 Å². The highest BCUT2D eigenvalue weighted by Crippen LogP contribution is 2.38. The molecular formula is C10H22S2. The van der Waals surface area contributed by atoms with E-state index in [1.807, 2.05) is 21.6 Å². The van der Waals surface area contributed by atoms with Crippen LogP contribution < -0.4 is 0 Å². The smallest absolute Gasteiger partial charge is 0.0207 e. The third-order valence-corrected chi connectivity index (χ3v) is 5.21. The molecular weight excluding hydrogens is 184 g/mol. The van der Waals surface area contributed by atoms with Crippen LogP contribution in [0.4, 0.5) is 0 Å². The van der Waals surface area contributed by atoms with Crippen LogP contribution in [0.15, 0.2) is 0 Å². The van der Waals surface area contributed by atoms with Crippen molar-refractivity contribution in [3.8, 4) is 0 Å². The molecule has 0 fully saturated rings. The van der Waals surface area contributed by atoms with Crippen molar-refractivity contribution in [1.82, 2.24) is 0 Å². The van der Waals surface area contributed by atoms with E-state index >= 15 is 0 Å². The number of hydrogen-bond donors (Lipinski definition) is 0. The summed E-state index contributed by atoms with van der Waals surface area (Å²) in [7, 11) is 4.04. The lowest BCUT2D eigenvalue weighted by Crippen LogP contribution is -2.12. The molecule has 2 heteroatoms. The second-order valence-electron chi connectivity index (χ2n) is 3.71. The van der Waals surface area contributed by atoms with Crippen molar-refractivity contribution in [2.75, 3.05) is 5.75 Å². The minimum absolute atomic E-state index is 0.482. The van der Waals surface area contributed by atoms with E-state index in [2.05, 4.69) is 27.7 Å². The predicted octanol–water partition coefficient (Wildman–Crippen LogP) is 4.75. The first-order valence-electron chi connectivity index (χ1n) is 4.93. The molecule has 0 radical (unpaired) electrons. The molecule has 0 aliphatic rings. The quantitative estimate of drug-likeness (QED) is 0.435. The summed E-state index contributed by atoms with van der Waals surface area (Å²) in [6.45, 7) is 9.20. The summed E-state index contributed by atoms with van der Waals surface area (Å²) in [6.07, 6.45) is 5.47. The van der Waals surface area contributed by atoms with Gasteiger partial charge in [0.15, 0.2) is 0 Å². The molecule has 0 atom stereocenters. The van der Waals surface area contributed by atoms with Crippen molar-refractivity contribution in [3.05, 3.63) is 0 Å². The summed E-state index contributed by atoms with van der Waals surface area (Å²) >= 11 is 0. The molecule has 0 aromatic rings. The first kappa shape index (κ1) is 12.7. The molecule has 0 aliphatic carbocycles. The van der Waals surface area contributed by atoms with Gasteiger partial charge in [-0.3, -0.25) is 0 Å². The van der Waals surface area contributed by atoms with Crippen molar-refractivity contribution in [3.63, 3.8) is 0 Å². The van der Waals surface area contributed by atoms with E-state index in [-0.39, 0.29) is 0 Å².